The molecule has 1 heterocycles. The Morgan fingerprint density at radius 1 is 1.31 bits per heavy atom. The van der Waals surface area contributed by atoms with Crippen molar-refractivity contribution >= 4 is 0 Å². The SMILES string of the molecule is CCC1CCC(c2ccco2)CC1. The molecule has 0 N–H and O–H groups in total. The van der Waals surface area contributed by atoms with Crippen molar-refractivity contribution in [3.8, 4) is 0 Å². The molecule has 1 fully saturated rings. The average Bonchev–Trinajstić information content (AvgIpc) is 2.71. The minimum Gasteiger partial charge on any atom is -0.469 e. The molecule has 0 radical (unpaired) electrons. The fourth-order valence-electron chi connectivity index (χ4n) is 2.38. The van der Waals surface area contributed by atoms with Crippen molar-refractivity contribution < 1.29 is 4.42 Å². The molecule has 0 atom stereocenters. The lowest BCUT2D eigenvalue weighted by atomic mass is 9.80. The van der Waals surface area contributed by atoms with Gasteiger partial charge in [0, 0.05) is 5.92 Å². The fourth-order valence-corrected chi connectivity index (χ4v) is 2.38. The molecule has 1 nitrogen and oxygen atoms in total. The van der Waals surface area contributed by atoms with E-state index in [-0.39, 0.29) is 0 Å². The Hall–Kier alpha value is -0.720. The van der Waals surface area contributed by atoms with Gasteiger partial charge in [-0.3, -0.25) is 0 Å². The van der Waals surface area contributed by atoms with E-state index in [2.05, 4.69) is 13.0 Å². The van der Waals surface area contributed by atoms with E-state index in [1.807, 2.05) is 6.07 Å². The molecule has 0 saturated heterocycles. The molecule has 0 aromatic carbocycles. The van der Waals surface area contributed by atoms with E-state index in [4.69, 9.17) is 4.42 Å². The topological polar surface area (TPSA) is 13.1 Å². The Labute approximate surface area is 80.1 Å². The van der Waals surface area contributed by atoms with E-state index >= 15 is 0 Å². The summed E-state index contributed by atoms with van der Waals surface area (Å²) in [4.78, 5) is 0. The minimum atomic E-state index is 0.706. The lowest BCUT2D eigenvalue weighted by Crippen LogP contribution is -2.11. The van der Waals surface area contributed by atoms with Gasteiger partial charge in [0.05, 0.1) is 6.26 Å². The Morgan fingerprint density at radius 2 is 2.08 bits per heavy atom. The van der Waals surface area contributed by atoms with Crippen LogP contribution in [0.5, 0.6) is 0 Å². The van der Waals surface area contributed by atoms with Crippen LogP contribution in [0.3, 0.4) is 0 Å². The van der Waals surface area contributed by atoms with Crippen molar-refractivity contribution in [3.05, 3.63) is 24.2 Å². The molecule has 1 saturated carbocycles. The van der Waals surface area contributed by atoms with Gasteiger partial charge in [-0.25, -0.2) is 0 Å². The van der Waals surface area contributed by atoms with Crippen LogP contribution < -0.4 is 0 Å². The monoisotopic (exact) mass is 178 g/mol. The van der Waals surface area contributed by atoms with E-state index in [0.29, 0.717) is 5.92 Å². The van der Waals surface area contributed by atoms with Gasteiger partial charge in [0.1, 0.15) is 5.76 Å². The van der Waals surface area contributed by atoms with Gasteiger partial charge >= 0.3 is 0 Å². The second-order valence-electron chi connectivity index (χ2n) is 4.14. The summed E-state index contributed by atoms with van der Waals surface area (Å²) in [5.74, 6) is 2.89. The van der Waals surface area contributed by atoms with Crippen molar-refractivity contribution in [3.63, 3.8) is 0 Å². The summed E-state index contributed by atoms with van der Waals surface area (Å²) in [6, 6.07) is 4.12. The molecule has 0 unspecified atom stereocenters. The third kappa shape index (κ3) is 1.96. The zero-order valence-corrected chi connectivity index (χ0v) is 8.33. The van der Waals surface area contributed by atoms with E-state index in [9.17, 15) is 0 Å². The third-order valence-corrected chi connectivity index (χ3v) is 3.37. The highest BCUT2D eigenvalue weighted by Gasteiger charge is 2.22. The van der Waals surface area contributed by atoms with Crippen LogP contribution in [0.25, 0.3) is 0 Å². The summed E-state index contributed by atoms with van der Waals surface area (Å²) >= 11 is 0. The first-order valence-electron chi connectivity index (χ1n) is 5.43. The van der Waals surface area contributed by atoms with Crippen LogP contribution in [0.15, 0.2) is 22.8 Å². The second-order valence-corrected chi connectivity index (χ2v) is 4.14. The normalized spacial score (nSPS) is 29.0. The van der Waals surface area contributed by atoms with Gasteiger partial charge < -0.3 is 4.42 Å². The number of furan rings is 1. The first-order chi connectivity index (χ1) is 6.40. The zero-order valence-electron chi connectivity index (χ0n) is 8.33. The molecular weight excluding hydrogens is 160 g/mol. The molecule has 1 heteroatoms. The molecule has 72 valence electrons. The summed E-state index contributed by atoms with van der Waals surface area (Å²) in [5, 5.41) is 0. The predicted octanol–water partition coefficient (Wildman–Crippen LogP) is 3.96. The Balaban J connectivity index is 1.92. The van der Waals surface area contributed by atoms with E-state index < -0.39 is 0 Å². The van der Waals surface area contributed by atoms with Gasteiger partial charge in [0.15, 0.2) is 0 Å². The molecule has 1 aromatic rings. The van der Waals surface area contributed by atoms with Crippen LogP contribution in [-0.4, -0.2) is 0 Å². The first kappa shape index (κ1) is 8.86. The van der Waals surface area contributed by atoms with Gasteiger partial charge in [0.25, 0.3) is 0 Å². The van der Waals surface area contributed by atoms with Crippen molar-refractivity contribution in [1.29, 1.82) is 0 Å². The van der Waals surface area contributed by atoms with Crippen LogP contribution in [0, 0.1) is 5.92 Å². The number of rotatable bonds is 2. The summed E-state index contributed by atoms with van der Waals surface area (Å²) < 4.78 is 5.44. The Bertz CT molecular complexity index is 230. The van der Waals surface area contributed by atoms with Crippen molar-refractivity contribution in [2.75, 3.05) is 0 Å². The molecule has 1 aliphatic rings. The zero-order chi connectivity index (χ0) is 9.10. The third-order valence-electron chi connectivity index (χ3n) is 3.37. The van der Waals surface area contributed by atoms with Crippen LogP contribution in [0.4, 0.5) is 0 Å². The Kier molecular flexibility index (Phi) is 2.72. The first-order valence-corrected chi connectivity index (χ1v) is 5.43. The lowest BCUT2D eigenvalue weighted by Gasteiger charge is -2.26. The summed E-state index contributed by atoms with van der Waals surface area (Å²) in [7, 11) is 0. The molecule has 1 aromatic heterocycles. The van der Waals surface area contributed by atoms with Gasteiger partial charge in [0.2, 0.25) is 0 Å². The van der Waals surface area contributed by atoms with E-state index in [1.165, 1.54) is 37.9 Å². The molecule has 2 rings (SSSR count). The number of hydrogen-bond donors (Lipinski definition) is 0. The maximum Gasteiger partial charge on any atom is 0.106 e. The second kappa shape index (κ2) is 3.99. The molecule has 1 aliphatic carbocycles. The molecule has 13 heavy (non-hydrogen) atoms. The van der Waals surface area contributed by atoms with Gasteiger partial charge in [-0.15, -0.1) is 0 Å². The maximum atomic E-state index is 5.44. The molecule has 0 spiro atoms. The van der Waals surface area contributed by atoms with Crippen molar-refractivity contribution in [2.24, 2.45) is 5.92 Å². The molecular formula is C12H18O. The smallest absolute Gasteiger partial charge is 0.106 e. The Morgan fingerprint density at radius 3 is 2.62 bits per heavy atom. The number of hydrogen-bond acceptors (Lipinski definition) is 1. The van der Waals surface area contributed by atoms with Crippen LogP contribution in [0.2, 0.25) is 0 Å². The standard InChI is InChI=1S/C12H18O/c1-2-10-5-7-11(8-6-10)12-4-3-9-13-12/h3-4,9-11H,2,5-8H2,1H3. The van der Waals surface area contributed by atoms with Gasteiger partial charge in [-0.05, 0) is 43.7 Å². The predicted molar refractivity (Wildman–Crippen MR) is 53.7 cm³/mol. The van der Waals surface area contributed by atoms with Crippen molar-refractivity contribution in [1.82, 2.24) is 0 Å². The highest BCUT2D eigenvalue weighted by Crippen LogP contribution is 2.36. The van der Waals surface area contributed by atoms with Gasteiger partial charge in [-0.1, -0.05) is 13.3 Å². The average molecular weight is 178 g/mol. The highest BCUT2D eigenvalue weighted by atomic mass is 16.3. The van der Waals surface area contributed by atoms with Crippen LogP contribution in [0.1, 0.15) is 50.7 Å². The van der Waals surface area contributed by atoms with Crippen molar-refractivity contribution in [2.45, 2.75) is 44.9 Å². The van der Waals surface area contributed by atoms with E-state index in [0.717, 1.165) is 5.92 Å². The molecule has 0 aliphatic heterocycles. The van der Waals surface area contributed by atoms with E-state index in [1.54, 1.807) is 6.26 Å². The fraction of sp³-hybridized carbons (Fsp3) is 0.667. The minimum absolute atomic E-state index is 0.706. The van der Waals surface area contributed by atoms with Crippen LogP contribution in [-0.2, 0) is 0 Å². The van der Waals surface area contributed by atoms with Crippen LogP contribution >= 0.6 is 0 Å². The highest BCUT2D eigenvalue weighted by molar-refractivity contribution is 5.06. The molecule has 0 bridgehead atoms. The largest absolute Gasteiger partial charge is 0.469 e. The quantitative estimate of drug-likeness (QED) is 0.668. The summed E-state index contributed by atoms with van der Waals surface area (Å²) in [6.45, 7) is 2.30. The lowest BCUT2D eigenvalue weighted by molar-refractivity contribution is 0.293. The summed E-state index contributed by atoms with van der Waals surface area (Å²) in [6.07, 6.45) is 8.58. The molecule has 0 amide bonds. The van der Waals surface area contributed by atoms with Gasteiger partial charge in [-0.2, -0.15) is 0 Å². The maximum absolute atomic E-state index is 5.44. The summed E-state index contributed by atoms with van der Waals surface area (Å²) in [5.41, 5.74) is 0.